The highest BCUT2D eigenvalue weighted by molar-refractivity contribution is 5.72. The summed E-state index contributed by atoms with van der Waals surface area (Å²) >= 11 is 0. The molecule has 0 aliphatic carbocycles. The largest absolute Gasteiger partial charge is 0.427 e. The molecule has 0 radical (unpaired) electrons. The van der Waals surface area contributed by atoms with Crippen LogP contribution in [-0.2, 0) is 16.0 Å². The van der Waals surface area contributed by atoms with E-state index in [0.29, 0.717) is 18.1 Å². The lowest BCUT2D eigenvalue weighted by molar-refractivity contribution is -0.134. The van der Waals surface area contributed by atoms with Gasteiger partial charge in [-0.2, -0.15) is 0 Å². The molecule has 0 aliphatic heterocycles. The Bertz CT molecular complexity index is 725. The number of carbonyl (C=O) groups is 1. The number of pyridine rings is 1. The lowest BCUT2D eigenvalue weighted by Crippen LogP contribution is -2.09. The molecule has 2 rings (SSSR count). The van der Waals surface area contributed by atoms with Crippen LogP contribution in [0.5, 0.6) is 5.75 Å². The van der Waals surface area contributed by atoms with Gasteiger partial charge in [0, 0.05) is 24.8 Å². The number of esters is 1. The van der Waals surface area contributed by atoms with Crippen LogP contribution in [0.2, 0.25) is 0 Å². The van der Waals surface area contributed by atoms with Crippen molar-refractivity contribution < 1.29 is 14.3 Å². The summed E-state index contributed by atoms with van der Waals surface area (Å²) in [5.74, 6) is 0.963. The molecule has 4 heteroatoms. The first-order valence-electron chi connectivity index (χ1n) is 11.5. The Morgan fingerprint density at radius 3 is 2.47 bits per heavy atom. The number of carbonyl (C=O) groups excluding carboxylic acids is 1. The van der Waals surface area contributed by atoms with Crippen LogP contribution in [0.3, 0.4) is 0 Å². The van der Waals surface area contributed by atoms with Crippen LogP contribution >= 0.6 is 0 Å². The second-order valence-corrected chi connectivity index (χ2v) is 8.03. The third kappa shape index (κ3) is 9.08. The van der Waals surface area contributed by atoms with Gasteiger partial charge >= 0.3 is 5.97 Å². The van der Waals surface area contributed by atoms with Gasteiger partial charge in [0.15, 0.2) is 0 Å². The number of nitrogens with zero attached hydrogens (tertiary/aromatic N) is 1. The number of hydrogen-bond acceptors (Lipinski definition) is 4. The molecule has 164 valence electrons. The fraction of sp³-hybridized carbons (Fsp3) is 0.538. The van der Waals surface area contributed by atoms with E-state index in [2.05, 4.69) is 31.8 Å². The SMILES string of the molecule is CCCCCCOCCc1ccc(-c2ccc(OC(=O)CCC(C)CC)cc2)nc1. The van der Waals surface area contributed by atoms with Gasteiger partial charge < -0.3 is 9.47 Å². The van der Waals surface area contributed by atoms with E-state index in [1.54, 1.807) is 0 Å². The van der Waals surface area contributed by atoms with Crippen molar-refractivity contribution in [3.05, 3.63) is 48.2 Å². The molecular weight excluding hydrogens is 374 g/mol. The second-order valence-electron chi connectivity index (χ2n) is 8.03. The summed E-state index contributed by atoms with van der Waals surface area (Å²) in [6, 6.07) is 11.7. The quantitative estimate of drug-likeness (QED) is 0.199. The molecule has 1 heterocycles. The van der Waals surface area contributed by atoms with E-state index in [1.807, 2.05) is 36.5 Å². The molecule has 0 saturated heterocycles. The third-order valence-corrected chi connectivity index (χ3v) is 5.42. The molecule has 1 unspecified atom stereocenters. The minimum atomic E-state index is -0.168. The molecule has 30 heavy (non-hydrogen) atoms. The summed E-state index contributed by atoms with van der Waals surface area (Å²) in [7, 11) is 0. The maximum Gasteiger partial charge on any atom is 0.311 e. The van der Waals surface area contributed by atoms with Crippen LogP contribution in [0.1, 0.15) is 71.3 Å². The van der Waals surface area contributed by atoms with Gasteiger partial charge in [0.05, 0.1) is 12.3 Å². The zero-order chi connectivity index (χ0) is 21.6. The lowest BCUT2D eigenvalue weighted by atomic mass is 10.0. The normalized spacial score (nSPS) is 12.0. The van der Waals surface area contributed by atoms with E-state index in [1.165, 1.54) is 24.8 Å². The van der Waals surface area contributed by atoms with E-state index in [0.717, 1.165) is 50.2 Å². The average molecular weight is 412 g/mol. The summed E-state index contributed by atoms with van der Waals surface area (Å²) in [6.45, 7) is 8.10. The molecular formula is C26H37NO3. The van der Waals surface area contributed by atoms with E-state index >= 15 is 0 Å². The van der Waals surface area contributed by atoms with Crippen molar-refractivity contribution in [3.8, 4) is 17.0 Å². The molecule has 0 aliphatic rings. The minimum absolute atomic E-state index is 0.168. The van der Waals surface area contributed by atoms with Crippen molar-refractivity contribution in [3.63, 3.8) is 0 Å². The van der Waals surface area contributed by atoms with Crippen molar-refractivity contribution in [1.82, 2.24) is 4.98 Å². The van der Waals surface area contributed by atoms with Crippen molar-refractivity contribution in [2.45, 2.75) is 72.1 Å². The molecule has 0 saturated carbocycles. The predicted molar refractivity (Wildman–Crippen MR) is 123 cm³/mol. The molecule has 0 N–H and O–H groups in total. The van der Waals surface area contributed by atoms with Gasteiger partial charge in [-0.05, 0) is 61.1 Å². The van der Waals surface area contributed by atoms with Crippen LogP contribution in [0.4, 0.5) is 0 Å². The zero-order valence-corrected chi connectivity index (χ0v) is 18.9. The number of unbranched alkanes of at least 4 members (excludes halogenated alkanes) is 3. The van der Waals surface area contributed by atoms with E-state index in [9.17, 15) is 4.79 Å². The minimum Gasteiger partial charge on any atom is -0.427 e. The van der Waals surface area contributed by atoms with Crippen molar-refractivity contribution in [2.75, 3.05) is 13.2 Å². The van der Waals surface area contributed by atoms with Crippen LogP contribution in [0.15, 0.2) is 42.6 Å². The van der Waals surface area contributed by atoms with Crippen molar-refractivity contribution in [1.29, 1.82) is 0 Å². The van der Waals surface area contributed by atoms with Gasteiger partial charge in [0.1, 0.15) is 5.75 Å². The number of rotatable bonds is 14. The first kappa shape index (κ1) is 24.1. The van der Waals surface area contributed by atoms with Gasteiger partial charge in [-0.15, -0.1) is 0 Å². The Labute approximate surface area is 182 Å². The number of benzene rings is 1. The summed E-state index contributed by atoms with van der Waals surface area (Å²) < 4.78 is 11.1. The average Bonchev–Trinajstić information content (AvgIpc) is 2.78. The van der Waals surface area contributed by atoms with Gasteiger partial charge in [-0.1, -0.05) is 52.5 Å². The summed E-state index contributed by atoms with van der Waals surface area (Å²) in [5, 5.41) is 0. The Hall–Kier alpha value is -2.20. The number of hydrogen-bond donors (Lipinski definition) is 0. The zero-order valence-electron chi connectivity index (χ0n) is 18.9. The fourth-order valence-corrected chi connectivity index (χ4v) is 3.11. The number of aromatic nitrogens is 1. The van der Waals surface area contributed by atoms with Gasteiger partial charge in [-0.3, -0.25) is 9.78 Å². The molecule has 1 aromatic carbocycles. The highest BCUT2D eigenvalue weighted by atomic mass is 16.5. The van der Waals surface area contributed by atoms with Gasteiger partial charge in [-0.25, -0.2) is 0 Å². The van der Waals surface area contributed by atoms with Gasteiger partial charge in [0.25, 0.3) is 0 Å². The maximum atomic E-state index is 12.0. The smallest absolute Gasteiger partial charge is 0.311 e. The first-order chi connectivity index (χ1) is 14.6. The van der Waals surface area contributed by atoms with Crippen LogP contribution in [0.25, 0.3) is 11.3 Å². The van der Waals surface area contributed by atoms with E-state index < -0.39 is 0 Å². The molecule has 1 aromatic heterocycles. The Morgan fingerprint density at radius 2 is 1.80 bits per heavy atom. The highest BCUT2D eigenvalue weighted by Crippen LogP contribution is 2.22. The molecule has 0 spiro atoms. The summed E-state index contributed by atoms with van der Waals surface area (Å²) in [5.41, 5.74) is 3.10. The third-order valence-electron chi connectivity index (χ3n) is 5.42. The molecule has 0 fully saturated rings. The van der Waals surface area contributed by atoms with Crippen molar-refractivity contribution >= 4 is 5.97 Å². The predicted octanol–water partition coefficient (Wildman–Crippen LogP) is 6.62. The molecule has 2 aromatic rings. The van der Waals surface area contributed by atoms with Crippen LogP contribution in [-0.4, -0.2) is 24.2 Å². The summed E-state index contributed by atoms with van der Waals surface area (Å²) in [6.07, 6.45) is 10.2. The Kier molecular flexibility index (Phi) is 11.2. The summed E-state index contributed by atoms with van der Waals surface area (Å²) in [4.78, 5) is 16.5. The fourth-order valence-electron chi connectivity index (χ4n) is 3.11. The Balaban J connectivity index is 1.76. The topological polar surface area (TPSA) is 48.4 Å². The standard InChI is InChI=1S/C26H37NO3/c1-4-6-7-8-18-29-19-17-22-10-15-25(27-20-22)23-11-13-24(14-12-23)30-26(28)16-9-21(3)5-2/h10-15,20-21H,4-9,16-19H2,1-3H3. The first-order valence-corrected chi connectivity index (χ1v) is 11.5. The molecule has 0 bridgehead atoms. The molecule has 4 nitrogen and oxygen atoms in total. The van der Waals surface area contributed by atoms with E-state index in [-0.39, 0.29) is 5.97 Å². The van der Waals surface area contributed by atoms with Crippen LogP contribution < -0.4 is 4.74 Å². The second kappa shape index (κ2) is 13.9. The number of ether oxygens (including phenoxy) is 2. The Morgan fingerprint density at radius 1 is 1.00 bits per heavy atom. The maximum absolute atomic E-state index is 12.0. The van der Waals surface area contributed by atoms with E-state index in [4.69, 9.17) is 9.47 Å². The van der Waals surface area contributed by atoms with Crippen LogP contribution in [0, 0.1) is 5.92 Å². The lowest BCUT2D eigenvalue weighted by Gasteiger charge is -2.09. The van der Waals surface area contributed by atoms with Crippen molar-refractivity contribution in [2.24, 2.45) is 5.92 Å². The highest BCUT2D eigenvalue weighted by Gasteiger charge is 2.08. The monoisotopic (exact) mass is 411 g/mol. The molecule has 0 amide bonds. The van der Waals surface area contributed by atoms with Gasteiger partial charge in [0.2, 0.25) is 0 Å². The molecule has 1 atom stereocenters.